The van der Waals surface area contributed by atoms with E-state index in [9.17, 15) is 14.0 Å². The predicted molar refractivity (Wildman–Crippen MR) is 73.6 cm³/mol. The normalized spacial score (nSPS) is 16.2. The number of rotatable bonds is 3. The number of hydrogen-bond acceptors (Lipinski definition) is 3. The van der Waals surface area contributed by atoms with E-state index in [-0.39, 0.29) is 5.56 Å². The molecule has 0 radical (unpaired) electrons. The van der Waals surface area contributed by atoms with Crippen molar-refractivity contribution in [3.8, 4) is 0 Å². The van der Waals surface area contributed by atoms with Crippen molar-refractivity contribution >= 4 is 12.1 Å². The molecule has 1 saturated carbocycles. The summed E-state index contributed by atoms with van der Waals surface area (Å²) in [6.45, 7) is 5.24. The zero-order chi connectivity index (χ0) is 15.8. The molecule has 1 aliphatic rings. The molecular weight excluding hydrogens is 277 g/mol. The number of nitrogens with one attached hydrogen (secondary N) is 1. The molecule has 1 aromatic carbocycles. The Bertz CT molecular complexity index is 588. The van der Waals surface area contributed by atoms with Crippen molar-refractivity contribution in [3.05, 3.63) is 35.1 Å². The van der Waals surface area contributed by atoms with Crippen LogP contribution < -0.4 is 5.32 Å². The average molecular weight is 295 g/mol. The number of carbonyl (C=O) groups excluding carboxylic acids is 1. The minimum Gasteiger partial charge on any atom is -0.478 e. The first-order chi connectivity index (χ1) is 9.61. The predicted octanol–water partition coefficient (Wildman–Crippen LogP) is 3.04. The van der Waals surface area contributed by atoms with Crippen LogP contribution in [0.4, 0.5) is 9.18 Å². The minimum atomic E-state index is -1.20. The van der Waals surface area contributed by atoms with Crippen LogP contribution in [0.3, 0.4) is 0 Å². The average Bonchev–Trinajstić information content (AvgIpc) is 3.06. The van der Waals surface area contributed by atoms with Crippen molar-refractivity contribution in [1.82, 2.24) is 5.32 Å². The number of halogens is 1. The van der Waals surface area contributed by atoms with Crippen LogP contribution in [0.1, 0.15) is 49.5 Å². The van der Waals surface area contributed by atoms with Gasteiger partial charge in [-0.2, -0.15) is 0 Å². The lowest BCUT2D eigenvalue weighted by molar-refractivity contribution is 0.0494. The number of benzene rings is 1. The maximum atomic E-state index is 13.5. The summed E-state index contributed by atoms with van der Waals surface area (Å²) >= 11 is 0. The Balaban J connectivity index is 2.21. The van der Waals surface area contributed by atoms with Gasteiger partial charge in [0.15, 0.2) is 0 Å². The zero-order valence-corrected chi connectivity index (χ0v) is 12.2. The molecule has 0 unspecified atom stereocenters. The van der Waals surface area contributed by atoms with E-state index in [0.717, 1.165) is 6.07 Å². The third kappa shape index (κ3) is 3.71. The van der Waals surface area contributed by atoms with E-state index in [4.69, 9.17) is 9.84 Å². The fraction of sp³-hybridized carbons (Fsp3) is 0.467. The summed E-state index contributed by atoms with van der Waals surface area (Å²) in [6, 6.07) is 3.59. The van der Waals surface area contributed by atoms with Gasteiger partial charge in [-0.05, 0) is 57.4 Å². The Kier molecular flexibility index (Phi) is 3.65. The Morgan fingerprint density at radius 2 is 1.90 bits per heavy atom. The smallest absolute Gasteiger partial charge is 0.408 e. The summed E-state index contributed by atoms with van der Waals surface area (Å²) in [7, 11) is 0. The fourth-order valence-electron chi connectivity index (χ4n) is 2.10. The molecule has 0 bridgehead atoms. The van der Waals surface area contributed by atoms with E-state index in [1.165, 1.54) is 12.1 Å². The number of alkyl carbamates (subject to hydrolysis) is 1. The number of aromatic carboxylic acids is 1. The summed E-state index contributed by atoms with van der Waals surface area (Å²) < 4.78 is 18.7. The molecule has 0 atom stereocenters. The van der Waals surface area contributed by atoms with Gasteiger partial charge in [-0.15, -0.1) is 0 Å². The van der Waals surface area contributed by atoms with Gasteiger partial charge in [0, 0.05) is 0 Å². The molecule has 1 amide bonds. The SMILES string of the molecule is CC(C)(C)OC(=O)NC1(c2cc(F)cc(C(=O)O)c2)CC1. The van der Waals surface area contributed by atoms with Crippen LogP contribution in [0.5, 0.6) is 0 Å². The lowest BCUT2D eigenvalue weighted by Gasteiger charge is -2.24. The van der Waals surface area contributed by atoms with Crippen LogP contribution >= 0.6 is 0 Å². The largest absolute Gasteiger partial charge is 0.478 e. The van der Waals surface area contributed by atoms with Gasteiger partial charge in [-0.3, -0.25) is 0 Å². The Morgan fingerprint density at radius 3 is 2.38 bits per heavy atom. The lowest BCUT2D eigenvalue weighted by atomic mass is 10.0. The highest BCUT2D eigenvalue weighted by Gasteiger charge is 2.47. The van der Waals surface area contributed by atoms with Gasteiger partial charge in [-0.25, -0.2) is 14.0 Å². The van der Waals surface area contributed by atoms with Gasteiger partial charge in [0.1, 0.15) is 11.4 Å². The molecule has 6 heteroatoms. The first-order valence-electron chi connectivity index (χ1n) is 6.67. The summed E-state index contributed by atoms with van der Waals surface area (Å²) in [4.78, 5) is 22.8. The molecule has 0 aliphatic heterocycles. The second-order valence-corrected chi connectivity index (χ2v) is 6.24. The highest BCUT2D eigenvalue weighted by Crippen LogP contribution is 2.46. The van der Waals surface area contributed by atoms with E-state index < -0.39 is 29.0 Å². The number of ether oxygens (including phenoxy) is 1. The van der Waals surface area contributed by atoms with E-state index >= 15 is 0 Å². The molecule has 1 aliphatic carbocycles. The summed E-state index contributed by atoms with van der Waals surface area (Å²) in [5.74, 6) is -1.84. The van der Waals surface area contributed by atoms with Crippen LogP contribution in [0.2, 0.25) is 0 Å². The van der Waals surface area contributed by atoms with Gasteiger partial charge in [-0.1, -0.05) is 0 Å². The molecule has 0 spiro atoms. The van der Waals surface area contributed by atoms with Crippen LogP contribution in [0.25, 0.3) is 0 Å². The Labute approximate surface area is 122 Å². The van der Waals surface area contributed by atoms with Crippen molar-refractivity contribution in [2.45, 2.75) is 44.8 Å². The van der Waals surface area contributed by atoms with Crippen molar-refractivity contribution < 1.29 is 23.8 Å². The van der Waals surface area contributed by atoms with Crippen molar-refractivity contribution in [2.24, 2.45) is 0 Å². The number of carboxylic acids is 1. The zero-order valence-electron chi connectivity index (χ0n) is 12.2. The van der Waals surface area contributed by atoms with Crippen LogP contribution in [-0.4, -0.2) is 22.8 Å². The molecular formula is C15H18FNO4. The van der Waals surface area contributed by atoms with Gasteiger partial charge in [0.25, 0.3) is 0 Å². The first-order valence-corrected chi connectivity index (χ1v) is 6.67. The molecule has 1 aromatic rings. The molecule has 0 aromatic heterocycles. The third-order valence-electron chi connectivity index (χ3n) is 3.19. The second kappa shape index (κ2) is 5.02. The highest BCUT2D eigenvalue weighted by molar-refractivity contribution is 5.88. The quantitative estimate of drug-likeness (QED) is 0.898. The number of amides is 1. The van der Waals surface area contributed by atoms with Crippen molar-refractivity contribution in [3.63, 3.8) is 0 Å². The minimum absolute atomic E-state index is 0.137. The van der Waals surface area contributed by atoms with Gasteiger partial charge in [0.2, 0.25) is 0 Å². The summed E-state index contributed by atoms with van der Waals surface area (Å²) in [5.41, 5.74) is -1.05. The van der Waals surface area contributed by atoms with Gasteiger partial charge >= 0.3 is 12.1 Å². The van der Waals surface area contributed by atoms with Gasteiger partial charge < -0.3 is 15.2 Å². The van der Waals surface area contributed by atoms with Gasteiger partial charge in [0.05, 0.1) is 11.1 Å². The highest BCUT2D eigenvalue weighted by atomic mass is 19.1. The summed E-state index contributed by atoms with van der Waals surface area (Å²) in [6.07, 6.45) is 0.643. The first kappa shape index (κ1) is 15.3. The standard InChI is InChI=1S/C15H18FNO4/c1-14(2,3)21-13(20)17-15(4-5-15)10-6-9(12(18)19)7-11(16)8-10/h6-8H,4-5H2,1-3H3,(H,17,20)(H,18,19). The maximum Gasteiger partial charge on any atom is 0.408 e. The van der Waals surface area contributed by atoms with Crippen LogP contribution in [0, 0.1) is 5.82 Å². The molecule has 2 N–H and O–H groups in total. The Hall–Kier alpha value is -2.11. The fourth-order valence-corrected chi connectivity index (χ4v) is 2.10. The van der Waals surface area contributed by atoms with E-state index in [1.54, 1.807) is 20.8 Å². The number of carboxylic acid groups (broad SMARTS) is 1. The molecule has 114 valence electrons. The van der Waals surface area contributed by atoms with E-state index in [0.29, 0.717) is 18.4 Å². The van der Waals surface area contributed by atoms with E-state index in [1.807, 2.05) is 0 Å². The van der Waals surface area contributed by atoms with Crippen molar-refractivity contribution in [2.75, 3.05) is 0 Å². The lowest BCUT2D eigenvalue weighted by Crippen LogP contribution is -2.39. The molecule has 0 heterocycles. The second-order valence-electron chi connectivity index (χ2n) is 6.24. The van der Waals surface area contributed by atoms with Crippen LogP contribution in [-0.2, 0) is 10.3 Å². The molecule has 2 rings (SSSR count). The number of carbonyl (C=O) groups is 2. The van der Waals surface area contributed by atoms with Crippen LogP contribution in [0.15, 0.2) is 18.2 Å². The van der Waals surface area contributed by atoms with E-state index in [2.05, 4.69) is 5.32 Å². The molecule has 0 saturated heterocycles. The molecule has 1 fully saturated rings. The van der Waals surface area contributed by atoms with Crippen molar-refractivity contribution in [1.29, 1.82) is 0 Å². The maximum absolute atomic E-state index is 13.5. The number of hydrogen-bond donors (Lipinski definition) is 2. The third-order valence-corrected chi connectivity index (χ3v) is 3.19. The molecule has 5 nitrogen and oxygen atoms in total. The topological polar surface area (TPSA) is 75.6 Å². The summed E-state index contributed by atoms with van der Waals surface area (Å²) in [5, 5.41) is 11.7. The molecule has 21 heavy (non-hydrogen) atoms. The monoisotopic (exact) mass is 295 g/mol. The Morgan fingerprint density at radius 1 is 1.29 bits per heavy atom.